The van der Waals surface area contributed by atoms with Gasteiger partial charge >= 0.3 is 0 Å². The average molecular weight is 295 g/mol. The van der Waals surface area contributed by atoms with Gasteiger partial charge in [-0.3, -0.25) is 0 Å². The number of benzene rings is 1. The van der Waals surface area contributed by atoms with Crippen LogP contribution in [0.3, 0.4) is 0 Å². The monoisotopic (exact) mass is 294 g/mol. The molecule has 0 spiro atoms. The highest BCUT2D eigenvalue weighted by atomic mass is 79.9. The Balaban J connectivity index is 2.24. The van der Waals surface area contributed by atoms with Gasteiger partial charge in [-0.2, -0.15) is 0 Å². The molecular formula is C13H15BrN2O. The van der Waals surface area contributed by atoms with Crippen LogP contribution < -0.4 is 0 Å². The Hall–Kier alpha value is -1.16. The van der Waals surface area contributed by atoms with Gasteiger partial charge < -0.3 is 4.42 Å². The number of aryl methyl sites for hydroxylation is 3. The van der Waals surface area contributed by atoms with Crippen LogP contribution >= 0.6 is 15.9 Å². The maximum atomic E-state index is 5.64. The summed E-state index contributed by atoms with van der Waals surface area (Å²) in [6, 6.07) is 6.26. The van der Waals surface area contributed by atoms with Gasteiger partial charge in [-0.25, -0.2) is 0 Å². The molecule has 1 aromatic carbocycles. The quantitative estimate of drug-likeness (QED) is 0.808. The summed E-state index contributed by atoms with van der Waals surface area (Å²) in [7, 11) is 0. The molecule has 0 bridgehead atoms. The Morgan fingerprint density at radius 3 is 2.47 bits per heavy atom. The smallest absolute Gasteiger partial charge is 0.247 e. The summed E-state index contributed by atoms with van der Waals surface area (Å²) in [5.41, 5.74) is 3.42. The van der Waals surface area contributed by atoms with Crippen molar-refractivity contribution in [2.24, 2.45) is 0 Å². The molecule has 0 aliphatic heterocycles. The molecule has 0 atom stereocenters. The van der Waals surface area contributed by atoms with E-state index in [-0.39, 0.29) is 0 Å². The fourth-order valence-electron chi connectivity index (χ4n) is 1.79. The lowest BCUT2D eigenvalue weighted by molar-refractivity contribution is 0.503. The molecule has 0 N–H and O–H groups in total. The van der Waals surface area contributed by atoms with Crippen molar-refractivity contribution in [1.29, 1.82) is 0 Å². The zero-order valence-corrected chi connectivity index (χ0v) is 11.6. The van der Waals surface area contributed by atoms with Gasteiger partial charge in [0.15, 0.2) is 0 Å². The van der Waals surface area contributed by atoms with E-state index in [2.05, 4.69) is 58.2 Å². The molecule has 4 heteroatoms. The van der Waals surface area contributed by atoms with Gasteiger partial charge in [-0.05, 0) is 32.4 Å². The van der Waals surface area contributed by atoms with E-state index in [1.165, 1.54) is 11.1 Å². The van der Waals surface area contributed by atoms with Crippen LogP contribution in [-0.4, -0.2) is 15.5 Å². The van der Waals surface area contributed by atoms with Crippen LogP contribution in [0.4, 0.5) is 0 Å². The highest BCUT2D eigenvalue weighted by Crippen LogP contribution is 2.21. The van der Waals surface area contributed by atoms with Gasteiger partial charge in [-0.15, -0.1) is 10.2 Å². The molecule has 0 fully saturated rings. The Labute approximate surface area is 109 Å². The van der Waals surface area contributed by atoms with Gasteiger partial charge in [0, 0.05) is 17.3 Å². The zero-order valence-electron chi connectivity index (χ0n) is 10.0. The van der Waals surface area contributed by atoms with Crippen LogP contribution in [0.2, 0.25) is 0 Å². The first-order valence-electron chi connectivity index (χ1n) is 5.66. The molecule has 0 aliphatic rings. The number of aromatic nitrogens is 2. The van der Waals surface area contributed by atoms with Crippen molar-refractivity contribution >= 4 is 15.9 Å². The van der Waals surface area contributed by atoms with Crippen LogP contribution in [0.15, 0.2) is 22.6 Å². The number of alkyl halides is 1. The Morgan fingerprint density at radius 1 is 1.12 bits per heavy atom. The number of hydrogen-bond donors (Lipinski definition) is 0. The summed E-state index contributed by atoms with van der Waals surface area (Å²) in [4.78, 5) is 0. The fraction of sp³-hybridized carbons (Fsp3) is 0.385. The molecule has 3 nitrogen and oxygen atoms in total. The minimum Gasteiger partial charge on any atom is -0.421 e. The van der Waals surface area contributed by atoms with Crippen LogP contribution in [-0.2, 0) is 6.42 Å². The second-order valence-electron chi connectivity index (χ2n) is 4.17. The first kappa shape index (κ1) is 12.3. The van der Waals surface area contributed by atoms with Crippen molar-refractivity contribution in [2.75, 3.05) is 5.33 Å². The molecule has 0 radical (unpaired) electrons. The van der Waals surface area contributed by atoms with Crippen molar-refractivity contribution < 1.29 is 4.42 Å². The van der Waals surface area contributed by atoms with Gasteiger partial charge in [0.2, 0.25) is 11.8 Å². The average Bonchev–Trinajstić information content (AvgIpc) is 2.73. The van der Waals surface area contributed by atoms with Crippen molar-refractivity contribution in [3.8, 4) is 11.5 Å². The van der Waals surface area contributed by atoms with Gasteiger partial charge in [0.25, 0.3) is 0 Å². The lowest BCUT2D eigenvalue weighted by Gasteiger charge is -2.00. The number of halogens is 1. The highest BCUT2D eigenvalue weighted by Gasteiger charge is 2.08. The van der Waals surface area contributed by atoms with Crippen LogP contribution in [0.5, 0.6) is 0 Å². The summed E-state index contributed by atoms with van der Waals surface area (Å²) >= 11 is 3.39. The predicted octanol–water partition coefficient (Wildman–Crippen LogP) is 3.68. The molecule has 1 heterocycles. The van der Waals surface area contributed by atoms with E-state index in [0.717, 1.165) is 23.7 Å². The second kappa shape index (κ2) is 5.45. The minimum absolute atomic E-state index is 0.612. The van der Waals surface area contributed by atoms with Crippen molar-refractivity contribution in [3.63, 3.8) is 0 Å². The third-order valence-electron chi connectivity index (χ3n) is 2.46. The predicted molar refractivity (Wildman–Crippen MR) is 71.3 cm³/mol. The molecule has 0 unspecified atom stereocenters. The third kappa shape index (κ3) is 3.16. The topological polar surface area (TPSA) is 38.9 Å². The van der Waals surface area contributed by atoms with Crippen molar-refractivity contribution in [2.45, 2.75) is 26.7 Å². The molecule has 0 saturated carbocycles. The molecule has 0 saturated heterocycles. The van der Waals surface area contributed by atoms with Crippen molar-refractivity contribution in [3.05, 3.63) is 35.2 Å². The Kier molecular flexibility index (Phi) is 3.94. The Morgan fingerprint density at radius 2 is 1.82 bits per heavy atom. The number of nitrogens with zero attached hydrogens (tertiary/aromatic N) is 2. The molecule has 2 aromatic rings. The lowest BCUT2D eigenvalue weighted by Crippen LogP contribution is -1.85. The van der Waals surface area contributed by atoms with E-state index in [4.69, 9.17) is 4.42 Å². The van der Waals surface area contributed by atoms with Gasteiger partial charge in [0.1, 0.15) is 0 Å². The van der Waals surface area contributed by atoms with E-state index in [9.17, 15) is 0 Å². The first-order valence-corrected chi connectivity index (χ1v) is 6.78. The minimum atomic E-state index is 0.612. The van der Waals surface area contributed by atoms with E-state index in [1.54, 1.807) is 0 Å². The van der Waals surface area contributed by atoms with E-state index in [1.807, 2.05) is 0 Å². The Bertz CT molecular complexity index is 488. The van der Waals surface area contributed by atoms with Crippen molar-refractivity contribution in [1.82, 2.24) is 10.2 Å². The molecule has 17 heavy (non-hydrogen) atoms. The molecular weight excluding hydrogens is 280 g/mol. The van der Waals surface area contributed by atoms with Crippen LogP contribution in [0, 0.1) is 13.8 Å². The number of hydrogen-bond acceptors (Lipinski definition) is 3. The largest absolute Gasteiger partial charge is 0.421 e. The maximum Gasteiger partial charge on any atom is 0.247 e. The SMILES string of the molecule is Cc1cc(C)cc(-c2nnc(CCCBr)o2)c1. The summed E-state index contributed by atoms with van der Waals surface area (Å²) in [6.07, 6.45) is 1.83. The van der Waals surface area contributed by atoms with Crippen LogP contribution in [0.25, 0.3) is 11.5 Å². The summed E-state index contributed by atoms with van der Waals surface area (Å²) < 4.78 is 5.64. The normalized spacial score (nSPS) is 10.8. The molecule has 0 aliphatic carbocycles. The summed E-state index contributed by atoms with van der Waals surface area (Å²) in [6.45, 7) is 4.14. The van der Waals surface area contributed by atoms with E-state index >= 15 is 0 Å². The maximum absolute atomic E-state index is 5.64. The highest BCUT2D eigenvalue weighted by molar-refractivity contribution is 9.09. The van der Waals surface area contributed by atoms with E-state index < -0.39 is 0 Å². The molecule has 2 rings (SSSR count). The van der Waals surface area contributed by atoms with E-state index in [0.29, 0.717) is 11.8 Å². The fourth-order valence-corrected chi connectivity index (χ4v) is 2.07. The third-order valence-corrected chi connectivity index (χ3v) is 3.02. The zero-order chi connectivity index (χ0) is 12.3. The van der Waals surface area contributed by atoms with Crippen LogP contribution in [0.1, 0.15) is 23.4 Å². The van der Waals surface area contributed by atoms with Gasteiger partial charge in [-0.1, -0.05) is 33.1 Å². The molecule has 90 valence electrons. The summed E-state index contributed by atoms with van der Waals surface area (Å²) in [5, 5.41) is 9.09. The second-order valence-corrected chi connectivity index (χ2v) is 4.96. The standard InChI is InChI=1S/C13H15BrN2O/c1-9-6-10(2)8-11(7-9)13-16-15-12(17-13)4-3-5-14/h6-8H,3-5H2,1-2H3. The summed E-state index contributed by atoms with van der Waals surface area (Å²) in [5.74, 6) is 1.32. The van der Waals surface area contributed by atoms with Gasteiger partial charge in [0.05, 0.1) is 0 Å². The molecule has 0 amide bonds. The number of rotatable bonds is 4. The molecule has 1 aromatic heterocycles. The lowest BCUT2D eigenvalue weighted by atomic mass is 10.1. The first-order chi connectivity index (χ1) is 8.19.